The molecule has 0 radical (unpaired) electrons. The lowest BCUT2D eigenvalue weighted by atomic mass is 9.98. The third-order valence-electron chi connectivity index (χ3n) is 3.52. The van der Waals surface area contributed by atoms with Crippen molar-refractivity contribution in [2.24, 2.45) is 0 Å². The minimum absolute atomic E-state index is 0.460. The molecule has 22 heavy (non-hydrogen) atoms. The molecule has 4 rings (SSSR count). The number of nitrogens with one attached hydrogen (secondary N) is 1. The molecule has 6 nitrogen and oxygen atoms in total. The van der Waals surface area contributed by atoms with Crippen molar-refractivity contribution in [2.75, 3.05) is 5.73 Å². The van der Waals surface area contributed by atoms with Gasteiger partial charge in [0.2, 0.25) is 11.8 Å². The van der Waals surface area contributed by atoms with Crippen LogP contribution in [0.5, 0.6) is 0 Å². The Bertz CT molecular complexity index is 970. The van der Waals surface area contributed by atoms with Crippen LogP contribution in [0, 0.1) is 6.92 Å². The number of nitrogen functional groups attached to an aromatic ring is 1. The molecule has 108 valence electrons. The van der Waals surface area contributed by atoms with Crippen LogP contribution in [0.25, 0.3) is 33.6 Å². The fourth-order valence-corrected chi connectivity index (χ4v) is 2.59. The van der Waals surface area contributed by atoms with Crippen LogP contribution < -0.4 is 5.73 Å². The molecule has 0 bridgehead atoms. The van der Waals surface area contributed by atoms with Gasteiger partial charge in [0.05, 0.1) is 0 Å². The van der Waals surface area contributed by atoms with Crippen molar-refractivity contribution in [3.8, 4) is 22.6 Å². The van der Waals surface area contributed by atoms with Crippen LogP contribution in [0.3, 0.4) is 0 Å². The van der Waals surface area contributed by atoms with E-state index in [1.165, 1.54) is 0 Å². The fraction of sp³-hybridized carbons (Fsp3) is 0.0625. The Morgan fingerprint density at radius 3 is 2.64 bits per heavy atom. The van der Waals surface area contributed by atoms with E-state index < -0.39 is 0 Å². The normalized spacial score (nSPS) is 11.1. The summed E-state index contributed by atoms with van der Waals surface area (Å²) in [5.41, 5.74) is 9.52. The number of benzene rings is 1. The van der Waals surface area contributed by atoms with Crippen molar-refractivity contribution >= 4 is 16.9 Å². The van der Waals surface area contributed by atoms with Crippen molar-refractivity contribution in [2.45, 2.75) is 6.92 Å². The van der Waals surface area contributed by atoms with Crippen molar-refractivity contribution in [3.05, 3.63) is 48.5 Å². The van der Waals surface area contributed by atoms with Crippen LogP contribution in [0.15, 0.2) is 47.0 Å². The molecule has 0 spiro atoms. The van der Waals surface area contributed by atoms with E-state index in [9.17, 15) is 0 Å². The highest BCUT2D eigenvalue weighted by molar-refractivity contribution is 5.98. The third-order valence-corrected chi connectivity index (χ3v) is 3.52. The highest BCUT2D eigenvalue weighted by Gasteiger charge is 2.15. The number of H-pyrrole nitrogens is 1. The van der Waals surface area contributed by atoms with Gasteiger partial charge in [-0.25, -0.2) is 4.98 Å². The molecule has 0 aliphatic carbocycles. The number of hydrogen-bond acceptors (Lipinski definition) is 5. The van der Waals surface area contributed by atoms with Crippen LogP contribution in [0.1, 0.15) is 5.89 Å². The molecule has 0 unspecified atom stereocenters. The lowest BCUT2D eigenvalue weighted by Crippen LogP contribution is -1.93. The maximum Gasteiger partial charge on any atom is 0.248 e. The van der Waals surface area contributed by atoms with Crippen molar-refractivity contribution < 1.29 is 4.42 Å². The zero-order valence-corrected chi connectivity index (χ0v) is 11.9. The number of pyridine rings is 1. The summed E-state index contributed by atoms with van der Waals surface area (Å²) < 4.78 is 5.58. The number of rotatable bonds is 2. The molecular formula is C16H13N5O. The Morgan fingerprint density at radius 2 is 1.86 bits per heavy atom. The van der Waals surface area contributed by atoms with Crippen LogP contribution in [0.4, 0.5) is 5.82 Å². The number of fused-ring (bicyclic) bond motifs is 1. The zero-order chi connectivity index (χ0) is 15.1. The van der Waals surface area contributed by atoms with Crippen LogP contribution in [-0.2, 0) is 0 Å². The maximum atomic E-state index is 5.93. The number of aromatic nitrogens is 4. The monoisotopic (exact) mass is 291 g/mol. The molecular weight excluding hydrogens is 278 g/mol. The summed E-state index contributed by atoms with van der Waals surface area (Å²) in [4.78, 5) is 7.39. The van der Waals surface area contributed by atoms with Crippen molar-refractivity contribution in [3.63, 3.8) is 0 Å². The van der Waals surface area contributed by atoms with E-state index in [0.717, 1.165) is 27.7 Å². The van der Waals surface area contributed by atoms with Crippen LogP contribution >= 0.6 is 0 Å². The molecule has 0 aliphatic heterocycles. The molecule has 3 heterocycles. The zero-order valence-electron chi connectivity index (χ0n) is 11.9. The van der Waals surface area contributed by atoms with Crippen molar-refractivity contribution in [1.29, 1.82) is 0 Å². The van der Waals surface area contributed by atoms with Crippen molar-refractivity contribution in [1.82, 2.24) is 20.2 Å². The highest BCUT2D eigenvalue weighted by Crippen LogP contribution is 2.35. The second-order valence-corrected chi connectivity index (χ2v) is 5.01. The van der Waals surface area contributed by atoms with E-state index in [4.69, 9.17) is 10.2 Å². The highest BCUT2D eigenvalue weighted by atomic mass is 16.4. The first-order valence-corrected chi connectivity index (χ1v) is 6.86. The second-order valence-electron chi connectivity index (χ2n) is 5.01. The van der Waals surface area contributed by atoms with Crippen LogP contribution in [-0.4, -0.2) is 20.2 Å². The Balaban J connectivity index is 2.01. The van der Waals surface area contributed by atoms with Gasteiger partial charge >= 0.3 is 0 Å². The second kappa shape index (κ2) is 4.70. The minimum Gasteiger partial charge on any atom is -0.421 e. The maximum absolute atomic E-state index is 5.93. The fourth-order valence-electron chi connectivity index (χ4n) is 2.59. The third kappa shape index (κ3) is 1.93. The van der Waals surface area contributed by atoms with Gasteiger partial charge in [-0.3, -0.25) is 0 Å². The average Bonchev–Trinajstić information content (AvgIpc) is 3.15. The van der Waals surface area contributed by atoms with Gasteiger partial charge in [-0.05, 0) is 29.3 Å². The molecule has 0 aliphatic rings. The molecule has 3 aromatic heterocycles. The quantitative estimate of drug-likeness (QED) is 0.591. The van der Waals surface area contributed by atoms with Gasteiger partial charge < -0.3 is 15.1 Å². The van der Waals surface area contributed by atoms with Crippen LogP contribution in [0.2, 0.25) is 0 Å². The van der Waals surface area contributed by atoms with E-state index in [0.29, 0.717) is 17.6 Å². The van der Waals surface area contributed by atoms with Gasteiger partial charge in [0.15, 0.2) is 0 Å². The summed E-state index contributed by atoms with van der Waals surface area (Å²) in [6.45, 7) is 1.77. The van der Waals surface area contributed by atoms with Gasteiger partial charge in [0.25, 0.3) is 0 Å². The number of anilines is 1. The predicted molar refractivity (Wildman–Crippen MR) is 84.0 cm³/mol. The smallest absolute Gasteiger partial charge is 0.248 e. The summed E-state index contributed by atoms with van der Waals surface area (Å²) in [7, 11) is 0. The van der Waals surface area contributed by atoms with Gasteiger partial charge in [0.1, 0.15) is 11.5 Å². The Morgan fingerprint density at radius 1 is 1.05 bits per heavy atom. The molecule has 0 atom stereocenters. The molecule has 6 heteroatoms. The van der Waals surface area contributed by atoms with Gasteiger partial charge in [-0.1, -0.05) is 18.2 Å². The van der Waals surface area contributed by atoms with E-state index in [-0.39, 0.29) is 0 Å². The largest absolute Gasteiger partial charge is 0.421 e. The molecule has 4 aromatic rings. The van der Waals surface area contributed by atoms with Gasteiger partial charge in [-0.15, -0.1) is 10.2 Å². The standard InChI is InChI=1S/C16H13N5O/c1-9-20-21-16(22-9)12-5-3-2-4-10(12)13-8-14(17)19-15-11(13)6-7-18-15/h2-8H,1H3,(H3,17,18,19). The van der Waals surface area contributed by atoms with E-state index in [1.54, 1.807) is 6.92 Å². The lowest BCUT2D eigenvalue weighted by molar-refractivity contribution is 0.533. The summed E-state index contributed by atoms with van der Waals surface area (Å²) >= 11 is 0. The molecule has 0 saturated heterocycles. The predicted octanol–water partition coefficient (Wildman–Crippen LogP) is 3.17. The number of nitrogens with zero attached hydrogens (tertiary/aromatic N) is 3. The Hall–Kier alpha value is -3.15. The Labute approximate surface area is 126 Å². The number of aromatic amines is 1. The van der Waals surface area contributed by atoms with E-state index in [1.807, 2.05) is 42.6 Å². The SMILES string of the molecule is Cc1nnc(-c2ccccc2-c2cc(N)nc3[nH]ccc23)o1. The number of nitrogens with two attached hydrogens (primary N) is 1. The Kier molecular flexibility index (Phi) is 2.69. The topological polar surface area (TPSA) is 93.6 Å². The molecule has 3 N–H and O–H groups in total. The molecule has 0 saturated carbocycles. The van der Waals surface area contributed by atoms with E-state index >= 15 is 0 Å². The first-order valence-electron chi connectivity index (χ1n) is 6.86. The summed E-state index contributed by atoms with van der Waals surface area (Å²) in [6, 6.07) is 11.7. The minimum atomic E-state index is 0.460. The molecule has 0 amide bonds. The number of aryl methyl sites for hydroxylation is 1. The van der Waals surface area contributed by atoms with Gasteiger partial charge in [-0.2, -0.15) is 0 Å². The molecule has 0 fully saturated rings. The first-order chi connectivity index (χ1) is 10.7. The first kappa shape index (κ1) is 12.6. The number of hydrogen-bond donors (Lipinski definition) is 2. The average molecular weight is 291 g/mol. The summed E-state index contributed by atoms with van der Waals surface area (Å²) in [5.74, 6) is 1.49. The lowest BCUT2D eigenvalue weighted by Gasteiger charge is -2.08. The summed E-state index contributed by atoms with van der Waals surface area (Å²) in [6.07, 6.45) is 1.85. The van der Waals surface area contributed by atoms with Gasteiger partial charge in [0, 0.05) is 24.1 Å². The molecule has 1 aromatic carbocycles. The van der Waals surface area contributed by atoms with E-state index in [2.05, 4.69) is 20.2 Å². The summed E-state index contributed by atoms with van der Waals surface area (Å²) in [5, 5.41) is 9.03.